The fourth-order valence-electron chi connectivity index (χ4n) is 3.64. The Kier molecular flexibility index (Phi) is 4.34. The summed E-state index contributed by atoms with van der Waals surface area (Å²) in [5.74, 6) is -2.37. The molecule has 3 rings (SSSR count). The predicted molar refractivity (Wildman–Crippen MR) is 89.4 cm³/mol. The molecule has 25 heavy (non-hydrogen) atoms. The number of nitrogens with one attached hydrogen (secondary N) is 1. The van der Waals surface area contributed by atoms with Gasteiger partial charge in [-0.3, -0.25) is 9.59 Å². The monoisotopic (exact) mass is 344 g/mol. The normalized spacial score (nSPS) is 23.2. The van der Waals surface area contributed by atoms with Crippen LogP contribution in [0.3, 0.4) is 0 Å². The summed E-state index contributed by atoms with van der Waals surface area (Å²) in [7, 11) is 0. The van der Waals surface area contributed by atoms with E-state index in [1.54, 1.807) is 24.3 Å². The third-order valence-electron chi connectivity index (χ3n) is 4.74. The number of carboxylic acids is 1. The van der Waals surface area contributed by atoms with Crippen LogP contribution >= 0.6 is 0 Å². The molecule has 2 amide bonds. The predicted octanol–water partition coefficient (Wildman–Crippen LogP) is 0.844. The van der Waals surface area contributed by atoms with E-state index in [-0.39, 0.29) is 23.6 Å². The molecule has 0 aliphatic carbocycles. The van der Waals surface area contributed by atoms with E-state index in [0.717, 1.165) is 0 Å². The minimum absolute atomic E-state index is 0.0556. The Balaban J connectivity index is 1.99. The first-order chi connectivity index (χ1) is 11.9. The Morgan fingerprint density at radius 3 is 2.72 bits per heavy atom. The van der Waals surface area contributed by atoms with E-state index < -0.39 is 18.0 Å². The number of β-lactam (4-membered cyclic amide) rings is 1. The number of fused-ring (bicyclic) bond motifs is 1. The first-order valence-corrected chi connectivity index (χ1v) is 8.23. The molecule has 0 unspecified atom stereocenters. The zero-order valence-corrected chi connectivity index (χ0v) is 14.0. The van der Waals surface area contributed by atoms with Gasteiger partial charge < -0.3 is 20.4 Å². The van der Waals surface area contributed by atoms with Gasteiger partial charge in [0.15, 0.2) is 0 Å². The molecule has 2 aliphatic heterocycles. The summed E-state index contributed by atoms with van der Waals surface area (Å²) in [5, 5.41) is 22.1. The number of hydrogen-bond acceptors (Lipinski definition) is 4. The lowest BCUT2D eigenvalue weighted by molar-refractivity contribution is -0.161. The summed E-state index contributed by atoms with van der Waals surface area (Å²) in [6.07, 6.45) is -0.480. The molecule has 1 fully saturated rings. The third kappa shape index (κ3) is 2.70. The van der Waals surface area contributed by atoms with Crippen molar-refractivity contribution in [3.05, 3.63) is 41.1 Å². The van der Waals surface area contributed by atoms with E-state index in [1.807, 2.05) is 6.92 Å². The molecule has 0 radical (unpaired) electrons. The second kappa shape index (κ2) is 6.33. The lowest BCUT2D eigenvalue weighted by Gasteiger charge is -2.44. The van der Waals surface area contributed by atoms with E-state index in [1.165, 1.54) is 11.8 Å². The van der Waals surface area contributed by atoms with E-state index in [2.05, 4.69) is 5.32 Å². The van der Waals surface area contributed by atoms with Gasteiger partial charge in [0.2, 0.25) is 5.91 Å². The van der Waals surface area contributed by atoms with Gasteiger partial charge in [0.05, 0.1) is 18.1 Å². The molecule has 0 bridgehead atoms. The average molecular weight is 344 g/mol. The molecule has 7 heteroatoms. The highest BCUT2D eigenvalue weighted by Crippen LogP contribution is 2.46. The van der Waals surface area contributed by atoms with Crippen LogP contribution in [0.2, 0.25) is 0 Å². The number of carbonyl (C=O) groups excluding carboxylic acids is 2. The van der Waals surface area contributed by atoms with Crippen molar-refractivity contribution in [2.24, 2.45) is 5.92 Å². The highest BCUT2D eigenvalue weighted by molar-refractivity contribution is 6.06. The molecule has 7 nitrogen and oxygen atoms in total. The number of aliphatic hydroxyl groups is 1. The van der Waals surface area contributed by atoms with Crippen molar-refractivity contribution in [3.8, 4) is 0 Å². The summed E-state index contributed by atoms with van der Waals surface area (Å²) < 4.78 is 0. The quantitative estimate of drug-likeness (QED) is 0.686. The third-order valence-corrected chi connectivity index (χ3v) is 4.74. The van der Waals surface area contributed by atoms with Crippen LogP contribution < -0.4 is 5.32 Å². The molecule has 3 atom stereocenters. The van der Waals surface area contributed by atoms with Crippen molar-refractivity contribution < 1.29 is 24.6 Å². The van der Waals surface area contributed by atoms with Gasteiger partial charge in [0.1, 0.15) is 5.70 Å². The van der Waals surface area contributed by atoms with Crippen molar-refractivity contribution in [3.63, 3.8) is 0 Å². The number of hydrogen-bond donors (Lipinski definition) is 3. The van der Waals surface area contributed by atoms with Crippen LogP contribution in [-0.2, 0) is 9.59 Å². The molecule has 0 spiro atoms. The number of aliphatic carboxylic acids is 1. The molecular formula is C18H20N2O5. The fraction of sp³-hybridized carbons (Fsp3) is 0.389. The molecule has 2 heterocycles. The summed E-state index contributed by atoms with van der Waals surface area (Å²) in [6, 6.07) is 6.37. The first-order valence-electron chi connectivity index (χ1n) is 8.23. The van der Waals surface area contributed by atoms with Gasteiger partial charge in [-0.1, -0.05) is 12.1 Å². The number of amides is 2. The van der Waals surface area contributed by atoms with Gasteiger partial charge in [-0.25, -0.2) is 4.79 Å². The van der Waals surface area contributed by atoms with Crippen molar-refractivity contribution in [1.82, 2.24) is 10.2 Å². The fourth-order valence-corrected chi connectivity index (χ4v) is 3.64. The van der Waals surface area contributed by atoms with Gasteiger partial charge in [-0.05, 0) is 43.5 Å². The van der Waals surface area contributed by atoms with Crippen molar-refractivity contribution >= 4 is 23.4 Å². The van der Waals surface area contributed by atoms with E-state index in [0.29, 0.717) is 29.7 Å². The highest BCUT2D eigenvalue weighted by atomic mass is 16.4. The zero-order valence-electron chi connectivity index (χ0n) is 14.0. The number of carboxylic acid groups (broad SMARTS) is 1. The highest BCUT2D eigenvalue weighted by Gasteiger charge is 2.56. The number of rotatable bonds is 5. The Morgan fingerprint density at radius 1 is 1.40 bits per heavy atom. The molecule has 0 saturated carbocycles. The molecular weight excluding hydrogens is 324 g/mol. The van der Waals surface area contributed by atoms with Crippen LogP contribution in [0.1, 0.15) is 36.2 Å². The second-order valence-corrected chi connectivity index (χ2v) is 6.32. The number of nitrogens with zero attached hydrogens (tertiary/aromatic N) is 1. The maximum Gasteiger partial charge on any atom is 0.352 e. The van der Waals surface area contributed by atoms with E-state index in [4.69, 9.17) is 0 Å². The Bertz CT molecular complexity index is 783. The number of carbonyl (C=O) groups is 3. The van der Waals surface area contributed by atoms with Crippen molar-refractivity contribution in [1.29, 1.82) is 0 Å². The van der Waals surface area contributed by atoms with E-state index in [9.17, 15) is 24.6 Å². The minimum atomic E-state index is -1.18. The maximum atomic E-state index is 12.2. The van der Waals surface area contributed by atoms with Crippen molar-refractivity contribution in [2.45, 2.75) is 32.4 Å². The molecule has 132 valence electrons. The molecule has 1 aromatic rings. The van der Waals surface area contributed by atoms with Crippen molar-refractivity contribution in [2.75, 3.05) is 6.54 Å². The summed E-state index contributed by atoms with van der Waals surface area (Å²) >= 11 is 0. The van der Waals surface area contributed by atoms with Crippen LogP contribution in [0.25, 0.3) is 5.57 Å². The lowest BCUT2D eigenvalue weighted by Crippen LogP contribution is -2.61. The standard InChI is InChI=1S/C18H20N2O5/c1-3-19-16(22)11-6-4-5-10(7-11)12-8-13-14(9(2)21)17(23)20(13)15(12)18(24)25/h4-7,9,13-14,21H,3,8H2,1-2H3,(H,19,22)(H,24,25)/t9-,13-,14-/m1/s1. The summed E-state index contributed by atoms with van der Waals surface area (Å²) in [6.45, 7) is 3.84. The largest absolute Gasteiger partial charge is 0.477 e. The Labute approximate surface area is 144 Å². The van der Waals surface area contributed by atoms with Gasteiger partial charge >= 0.3 is 5.97 Å². The van der Waals surface area contributed by atoms with Crippen LogP contribution in [0, 0.1) is 5.92 Å². The molecule has 1 saturated heterocycles. The average Bonchev–Trinajstić information content (AvgIpc) is 2.90. The van der Waals surface area contributed by atoms with Gasteiger partial charge in [-0.2, -0.15) is 0 Å². The zero-order chi connectivity index (χ0) is 18.3. The van der Waals surface area contributed by atoms with Crippen LogP contribution in [-0.4, -0.2) is 51.6 Å². The van der Waals surface area contributed by atoms with E-state index >= 15 is 0 Å². The van der Waals surface area contributed by atoms with Crippen LogP contribution in [0.15, 0.2) is 30.0 Å². The second-order valence-electron chi connectivity index (χ2n) is 6.32. The SMILES string of the molecule is CCNC(=O)c1cccc(C2=C(C(=O)O)N3C(=O)[C@H]([C@@H](C)O)[C@H]3C2)c1. The molecule has 3 N–H and O–H groups in total. The number of benzene rings is 1. The molecule has 0 aromatic heterocycles. The van der Waals surface area contributed by atoms with Crippen LogP contribution in [0.5, 0.6) is 0 Å². The Morgan fingerprint density at radius 2 is 2.12 bits per heavy atom. The summed E-state index contributed by atoms with van der Waals surface area (Å²) in [5.41, 5.74) is 1.50. The maximum absolute atomic E-state index is 12.2. The van der Waals surface area contributed by atoms with Crippen LogP contribution in [0.4, 0.5) is 0 Å². The topological polar surface area (TPSA) is 107 Å². The first kappa shape index (κ1) is 17.2. The van der Waals surface area contributed by atoms with Gasteiger partial charge in [-0.15, -0.1) is 0 Å². The smallest absolute Gasteiger partial charge is 0.352 e. The lowest BCUT2D eigenvalue weighted by atomic mass is 9.82. The molecule has 1 aromatic carbocycles. The minimum Gasteiger partial charge on any atom is -0.477 e. The summed E-state index contributed by atoms with van der Waals surface area (Å²) in [4.78, 5) is 37.2. The Hall–Kier alpha value is -2.67. The molecule has 2 aliphatic rings. The van der Waals surface area contributed by atoms with Gasteiger partial charge in [0.25, 0.3) is 5.91 Å². The number of aliphatic hydroxyl groups excluding tert-OH is 1. The van der Waals surface area contributed by atoms with Gasteiger partial charge in [0, 0.05) is 12.1 Å².